The van der Waals surface area contributed by atoms with E-state index < -0.39 is 11.4 Å². The quantitative estimate of drug-likeness (QED) is 0.412. The van der Waals surface area contributed by atoms with Crippen LogP contribution in [-0.4, -0.2) is 34.4 Å². The number of rotatable bonds is 12. The zero-order chi connectivity index (χ0) is 23.2. The summed E-state index contributed by atoms with van der Waals surface area (Å²) in [6.45, 7) is 7.74. The first-order valence-corrected chi connectivity index (χ1v) is 12.1. The third-order valence-electron chi connectivity index (χ3n) is 7.53. The molecule has 2 rings (SSSR count). The van der Waals surface area contributed by atoms with Crippen LogP contribution in [-0.2, 0) is 14.4 Å². The first-order chi connectivity index (χ1) is 14.5. The molecule has 0 bridgehead atoms. The van der Waals surface area contributed by atoms with Crippen LogP contribution in [0.3, 0.4) is 0 Å². The van der Waals surface area contributed by atoms with Gasteiger partial charge in [0, 0.05) is 30.3 Å². The number of carboxylic acid groups (broad SMARTS) is 1. The van der Waals surface area contributed by atoms with E-state index in [0.717, 1.165) is 57.8 Å². The van der Waals surface area contributed by atoms with Gasteiger partial charge >= 0.3 is 5.97 Å². The highest BCUT2D eigenvalue weighted by Gasteiger charge is 2.35. The molecule has 4 unspecified atom stereocenters. The Labute approximate surface area is 187 Å². The second-order valence-corrected chi connectivity index (χ2v) is 11.2. The summed E-state index contributed by atoms with van der Waals surface area (Å²) in [7, 11) is 0. The summed E-state index contributed by atoms with van der Waals surface area (Å²) in [6.07, 6.45) is 12.3. The Morgan fingerprint density at radius 3 is 1.74 bits per heavy atom. The summed E-state index contributed by atoms with van der Waals surface area (Å²) in [6, 6.07) is 0. The fraction of sp³-hybridized carbons (Fsp3) is 0.808. The lowest BCUT2D eigenvalue weighted by atomic mass is 9.85. The van der Waals surface area contributed by atoms with Crippen molar-refractivity contribution >= 4 is 17.5 Å². The highest BCUT2D eigenvalue weighted by molar-refractivity contribution is 5.88. The molecule has 0 spiro atoms. The number of Topliss-reactive ketones (excluding diaryl/α,β-unsaturated/α-hetero) is 2. The summed E-state index contributed by atoms with van der Waals surface area (Å²) in [5.41, 5.74) is -0.822. The van der Waals surface area contributed by atoms with Gasteiger partial charge in [-0.25, -0.2) is 0 Å². The van der Waals surface area contributed by atoms with Crippen LogP contribution in [0.4, 0.5) is 0 Å². The molecule has 2 saturated carbocycles. The van der Waals surface area contributed by atoms with Gasteiger partial charge in [-0.3, -0.25) is 14.4 Å². The van der Waals surface area contributed by atoms with Crippen LogP contribution >= 0.6 is 0 Å². The molecule has 0 heterocycles. The molecule has 4 atom stereocenters. The SMILES string of the molecule is CC(C)(CO)CCCC1CCC(/C=C\C2CCC(CCCC(C)(C)C(=O)O)C2=O)C1=O. The maximum atomic E-state index is 12.7. The van der Waals surface area contributed by atoms with Crippen LogP contribution in [0.1, 0.15) is 91.9 Å². The fourth-order valence-electron chi connectivity index (χ4n) is 4.96. The van der Waals surface area contributed by atoms with Crippen LogP contribution < -0.4 is 0 Å². The molecule has 31 heavy (non-hydrogen) atoms. The summed E-state index contributed by atoms with van der Waals surface area (Å²) in [5.74, 6) is -0.208. The van der Waals surface area contributed by atoms with Crippen molar-refractivity contribution < 1.29 is 24.6 Å². The van der Waals surface area contributed by atoms with E-state index in [4.69, 9.17) is 0 Å². The molecule has 5 heteroatoms. The third-order valence-corrected chi connectivity index (χ3v) is 7.53. The zero-order valence-electron chi connectivity index (χ0n) is 19.9. The van der Waals surface area contributed by atoms with E-state index in [-0.39, 0.29) is 41.5 Å². The number of aliphatic hydroxyl groups excluding tert-OH is 1. The van der Waals surface area contributed by atoms with Gasteiger partial charge in [-0.2, -0.15) is 0 Å². The van der Waals surface area contributed by atoms with Crippen molar-refractivity contribution in [3.8, 4) is 0 Å². The van der Waals surface area contributed by atoms with E-state index in [1.54, 1.807) is 13.8 Å². The van der Waals surface area contributed by atoms with Crippen molar-refractivity contribution in [2.75, 3.05) is 6.61 Å². The van der Waals surface area contributed by atoms with Crippen LogP contribution in [0.2, 0.25) is 0 Å². The molecule has 0 aromatic carbocycles. The van der Waals surface area contributed by atoms with Crippen molar-refractivity contribution in [1.29, 1.82) is 0 Å². The van der Waals surface area contributed by atoms with Gasteiger partial charge < -0.3 is 10.2 Å². The summed E-state index contributed by atoms with van der Waals surface area (Å²) in [4.78, 5) is 36.7. The lowest BCUT2D eigenvalue weighted by Gasteiger charge is -2.21. The van der Waals surface area contributed by atoms with E-state index in [1.165, 1.54) is 0 Å². The molecule has 0 amide bonds. The Kier molecular flexibility index (Phi) is 9.05. The summed E-state index contributed by atoms with van der Waals surface area (Å²) < 4.78 is 0. The smallest absolute Gasteiger partial charge is 0.309 e. The van der Waals surface area contributed by atoms with Crippen LogP contribution in [0.25, 0.3) is 0 Å². The number of hydrogen-bond acceptors (Lipinski definition) is 4. The summed E-state index contributed by atoms with van der Waals surface area (Å²) >= 11 is 0. The van der Waals surface area contributed by atoms with Crippen LogP contribution in [0.5, 0.6) is 0 Å². The third kappa shape index (κ3) is 7.27. The second-order valence-electron chi connectivity index (χ2n) is 11.2. The van der Waals surface area contributed by atoms with Gasteiger partial charge in [0.15, 0.2) is 0 Å². The number of aliphatic hydroxyl groups is 1. The van der Waals surface area contributed by atoms with Crippen molar-refractivity contribution in [1.82, 2.24) is 0 Å². The van der Waals surface area contributed by atoms with Crippen LogP contribution in [0, 0.1) is 34.5 Å². The number of aliphatic carboxylic acids is 1. The minimum absolute atomic E-state index is 0.0288. The predicted molar refractivity (Wildman–Crippen MR) is 122 cm³/mol. The lowest BCUT2D eigenvalue weighted by Crippen LogP contribution is -2.24. The number of carbonyl (C=O) groups is 3. The van der Waals surface area contributed by atoms with Crippen molar-refractivity contribution in [2.24, 2.45) is 34.5 Å². The fourth-order valence-corrected chi connectivity index (χ4v) is 4.96. The molecule has 2 aliphatic carbocycles. The van der Waals surface area contributed by atoms with Gasteiger partial charge in [0.2, 0.25) is 0 Å². The first-order valence-electron chi connectivity index (χ1n) is 12.1. The molecule has 0 aromatic rings. The number of allylic oxidation sites excluding steroid dienone is 2. The Morgan fingerprint density at radius 1 is 0.871 bits per heavy atom. The van der Waals surface area contributed by atoms with Crippen molar-refractivity contribution in [3.05, 3.63) is 12.2 Å². The number of hydrogen-bond donors (Lipinski definition) is 2. The van der Waals surface area contributed by atoms with Gasteiger partial charge in [0.05, 0.1) is 5.41 Å². The Balaban J connectivity index is 1.76. The predicted octanol–water partition coefficient (Wildman–Crippen LogP) is 5.20. The Hall–Kier alpha value is -1.49. The molecule has 176 valence electrons. The number of carbonyl (C=O) groups excluding carboxylic acids is 2. The minimum Gasteiger partial charge on any atom is -0.481 e. The van der Waals surface area contributed by atoms with Gasteiger partial charge in [0.1, 0.15) is 11.6 Å². The molecule has 2 N–H and O–H groups in total. The maximum absolute atomic E-state index is 12.7. The molecule has 5 nitrogen and oxygen atoms in total. The topological polar surface area (TPSA) is 91.7 Å². The first kappa shape index (κ1) is 25.8. The van der Waals surface area contributed by atoms with Crippen LogP contribution in [0.15, 0.2) is 12.2 Å². The summed E-state index contributed by atoms with van der Waals surface area (Å²) in [5, 5.41) is 18.6. The minimum atomic E-state index is -0.789. The molecule has 0 saturated heterocycles. The monoisotopic (exact) mass is 434 g/mol. The standard InChI is InChI=1S/C26H42O5/c1-25(2,17-27)15-5-7-18-9-11-20(22(18)28)13-14-21-12-10-19(23(21)29)8-6-16-26(3,4)24(30)31/h13-14,18-21,27H,5-12,15-17H2,1-4H3,(H,30,31)/b14-13-. The molecule has 0 aliphatic heterocycles. The average Bonchev–Trinajstić information content (AvgIpc) is 3.23. The molecular weight excluding hydrogens is 392 g/mol. The molecular formula is C26H42O5. The highest BCUT2D eigenvalue weighted by Crippen LogP contribution is 2.36. The van der Waals surface area contributed by atoms with E-state index in [1.807, 2.05) is 26.0 Å². The normalized spacial score (nSPS) is 27.5. The van der Waals surface area contributed by atoms with E-state index in [9.17, 15) is 24.6 Å². The van der Waals surface area contributed by atoms with Gasteiger partial charge in [-0.1, -0.05) is 38.8 Å². The highest BCUT2D eigenvalue weighted by atomic mass is 16.4. The number of carboxylic acids is 1. The molecule has 0 radical (unpaired) electrons. The molecule has 2 aliphatic rings. The largest absolute Gasteiger partial charge is 0.481 e. The second kappa shape index (κ2) is 10.9. The number of ketones is 2. The molecule has 0 aromatic heterocycles. The molecule has 2 fully saturated rings. The van der Waals surface area contributed by atoms with E-state index in [0.29, 0.717) is 12.2 Å². The zero-order valence-corrected chi connectivity index (χ0v) is 19.9. The lowest BCUT2D eigenvalue weighted by molar-refractivity contribution is -0.147. The van der Waals surface area contributed by atoms with E-state index >= 15 is 0 Å². The van der Waals surface area contributed by atoms with Gasteiger partial charge in [0.25, 0.3) is 0 Å². The van der Waals surface area contributed by atoms with Gasteiger partial charge in [-0.15, -0.1) is 0 Å². The maximum Gasteiger partial charge on any atom is 0.309 e. The Morgan fingerprint density at radius 2 is 1.32 bits per heavy atom. The van der Waals surface area contributed by atoms with E-state index in [2.05, 4.69) is 0 Å². The van der Waals surface area contributed by atoms with Crippen molar-refractivity contribution in [2.45, 2.75) is 91.9 Å². The van der Waals surface area contributed by atoms with Crippen molar-refractivity contribution in [3.63, 3.8) is 0 Å². The average molecular weight is 435 g/mol. The Bertz CT molecular complexity index is 675. The van der Waals surface area contributed by atoms with Gasteiger partial charge in [-0.05, 0) is 70.6 Å².